The first kappa shape index (κ1) is 13.5. The lowest BCUT2D eigenvalue weighted by atomic mass is 10.0. The highest BCUT2D eigenvalue weighted by Gasteiger charge is 1.99. The van der Waals surface area contributed by atoms with Gasteiger partial charge >= 0.3 is 0 Å². The van der Waals surface area contributed by atoms with Crippen molar-refractivity contribution in [3.63, 3.8) is 0 Å². The van der Waals surface area contributed by atoms with Crippen molar-refractivity contribution in [2.24, 2.45) is 5.92 Å². The summed E-state index contributed by atoms with van der Waals surface area (Å²) in [6.07, 6.45) is 2.62. The van der Waals surface area contributed by atoms with Gasteiger partial charge in [0.15, 0.2) is 0 Å². The molecule has 0 rings (SSSR count). The Kier molecular flexibility index (Phi) is 15.5. The highest BCUT2D eigenvalue weighted by molar-refractivity contribution is 4.56. The van der Waals surface area contributed by atoms with Crippen LogP contribution in [0.4, 0.5) is 0 Å². The molecule has 0 spiro atoms. The summed E-state index contributed by atoms with van der Waals surface area (Å²) < 4.78 is 0. The van der Waals surface area contributed by atoms with Crippen LogP contribution in [0.25, 0.3) is 0 Å². The second-order valence-electron chi connectivity index (χ2n) is 2.49. The minimum Gasteiger partial charge on any atom is -0.317 e. The van der Waals surface area contributed by atoms with E-state index in [1.54, 1.807) is 0 Å². The Balaban J connectivity index is 0. The van der Waals surface area contributed by atoms with Gasteiger partial charge in [0.25, 0.3) is 0 Å². The first-order chi connectivity index (χ1) is 5.35. The Labute approximate surface area is 72.6 Å². The van der Waals surface area contributed by atoms with E-state index in [1.165, 1.54) is 19.4 Å². The molecule has 11 heavy (non-hydrogen) atoms. The van der Waals surface area contributed by atoms with E-state index in [1.807, 2.05) is 13.8 Å². The van der Waals surface area contributed by atoms with Crippen molar-refractivity contribution >= 4 is 0 Å². The van der Waals surface area contributed by atoms with Gasteiger partial charge < -0.3 is 5.32 Å². The van der Waals surface area contributed by atoms with Gasteiger partial charge in [-0.3, -0.25) is 0 Å². The molecule has 0 aromatic carbocycles. The van der Waals surface area contributed by atoms with E-state index >= 15 is 0 Å². The fourth-order valence-electron chi connectivity index (χ4n) is 0.926. The first-order valence-corrected chi connectivity index (χ1v) is 5.05. The van der Waals surface area contributed by atoms with Crippen molar-refractivity contribution in [3.8, 4) is 0 Å². The average Bonchev–Trinajstić information content (AvgIpc) is 2.10. The van der Waals surface area contributed by atoms with Crippen LogP contribution in [-0.2, 0) is 0 Å². The van der Waals surface area contributed by atoms with Crippen molar-refractivity contribution in [1.29, 1.82) is 0 Å². The molecule has 0 heterocycles. The lowest BCUT2D eigenvalue weighted by Crippen LogP contribution is -2.21. The van der Waals surface area contributed by atoms with E-state index in [9.17, 15) is 0 Å². The quantitative estimate of drug-likeness (QED) is 0.650. The maximum Gasteiger partial charge on any atom is -0.00208 e. The fraction of sp³-hybridized carbons (Fsp3) is 1.00. The molecule has 0 aromatic rings. The monoisotopic (exact) mass is 159 g/mol. The van der Waals surface area contributed by atoms with Gasteiger partial charge in [-0.1, -0.05) is 47.5 Å². The largest absolute Gasteiger partial charge is 0.317 e. The summed E-state index contributed by atoms with van der Waals surface area (Å²) in [6.45, 7) is 13.0. The van der Waals surface area contributed by atoms with Crippen LogP contribution in [0.15, 0.2) is 0 Å². The van der Waals surface area contributed by atoms with E-state index in [-0.39, 0.29) is 0 Å². The number of rotatable bonds is 5. The van der Waals surface area contributed by atoms with Gasteiger partial charge in [0, 0.05) is 0 Å². The van der Waals surface area contributed by atoms with Gasteiger partial charge in [0.1, 0.15) is 0 Å². The van der Waals surface area contributed by atoms with Gasteiger partial charge in [-0.05, 0) is 19.0 Å². The summed E-state index contributed by atoms with van der Waals surface area (Å²) in [4.78, 5) is 0. The summed E-state index contributed by atoms with van der Waals surface area (Å²) in [5.74, 6) is 0.893. The third-order valence-electron chi connectivity index (χ3n) is 1.84. The fourth-order valence-corrected chi connectivity index (χ4v) is 0.926. The number of hydrogen-bond donors (Lipinski definition) is 1. The molecule has 0 aliphatic heterocycles. The summed E-state index contributed by atoms with van der Waals surface area (Å²) >= 11 is 0. The minimum absolute atomic E-state index is 0.893. The third kappa shape index (κ3) is 9.96. The van der Waals surface area contributed by atoms with E-state index < -0.39 is 0 Å². The second kappa shape index (κ2) is 12.6. The summed E-state index contributed by atoms with van der Waals surface area (Å²) in [5, 5.41) is 3.35. The van der Waals surface area contributed by atoms with Gasteiger partial charge in [-0.25, -0.2) is 0 Å². The van der Waals surface area contributed by atoms with E-state index in [0.717, 1.165) is 12.5 Å². The topological polar surface area (TPSA) is 12.0 Å². The standard InChI is InChI=1S/C8H19N.C2H6/c1-4-8(5-2)7-9-6-3;1-2/h8-9H,4-7H2,1-3H3;1-2H3. The predicted molar refractivity (Wildman–Crippen MR) is 54.0 cm³/mol. The molecule has 0 saturated carbocycles. The van der Waals surface area contributed by atoms with Gasteiger partial charge in [0.05, 0.1) is 0 Å². The molecule has 0 amide bonds. The van der Waals surface area contributed by atoms with E-state index in [0.29, 0.717) is 0 Å². The van der Waals surface area contributed by atoms with Crippen LogP contribution in [0.3, 0.4) is 0 Å². The SMILES string of the molecule is CC.CCNCC(CC)CC. The van der Waals surface area contributed by atoms with Crippen molar-refractivity contribution in [3.05, 3.63) is 0 Å². The molecule has 0 aromatic heterocycles. The van der Waals surface area contributed by atoms with Crippen LogP contribution >= 0.6 is 0 Å². The number of nitrogens with one attached hydrogen (secondary N) is 1. The normalized spacial score (nSPS) is 9.27. The molecule has 0 unspecified atom stereocenters. The van der Waals surface area contributed by atoms with E-state index in [4.69, 9.17) is 0 Å². The lowest BCUT2D eigenvalue weighted by molar-refractivity contribution is 0.456. The first-order valence-electron chi connectivity index (χ1n) is 5.05. The lowest BCUT2D eigenvalue weighted by Gasteiger charge is -2.11. The number of hydrogen-bond acceptors (Lipinski definition) is 1. The molecule has 0 bridgehead atoms. The maximum atomic E-state index is 3.35. The molecule has 1 nitrogen and oxygen atoms in total. The van der Waals surface area contributed by atoms with Crippen LogP contribution in [0.1, 0.15) is 47.5 Å². The molecular formula is C10H25N. The van der Waals surface area contributed by atoms with Crippen LogP contribution in [0.5, 0.6) is 0 Å². The van der Waals surface area contributed by atoms with E-state index in [2.05, 4.69) is 26.1 Å². The zero-order chi connectivity index (χ0) is 9.11. The maximum absolute atomic E-state index is 3.35. The average molecular weight is 159 g/mol. The highest BCUT2D eigenvalue weighted by Crippen LogP contribution is 2.04. The Bertz CT molecular complexity index is 48.8. The molecule has 1 N–H and O–H groups in total. The summed E-state index contributed by atoms with van der Waals surface area (Å²) in [5.41, 5.74) is 0. The van der Waals surface area contributed by atoms with Gasteiger partial charge in [0.2, 0.25) is 0 Å². The van der Waals surface area contributed by atoms with Crippen molar-refractivity contribution in [1.82, 2.24) is 5.32 Å². The smallest absolute Gasteiger partial charge is 0.00208 e. The Morgan fingerprint density at radius 3 is 1.73 bits per heavy atom. The zero-order valence-electron chi connectivity index (χ0n) is 8.91. The van der Waals surface area contributed by atoms with Crippen molar-refractivity contribution in [2.75, 3.05) is 13.1 Å². The molecule has 0 atom stereocenters. The summed E-state index contributed by atoms with van der Waals surface area (Å²) in [6, 6.07) is 0. The Hall–Kier alpha value is -0.0400. The molecule has 0 aliphatic rings. The van der Waals surface area contributed by atoms with Crippen LogP contribution in [0.2, 0.25) is 0 Å². The minimum atomic E-state index is 0.893. The molecular weight excluding hydrogens is 134 g/mol. The Morgan fingerprint density at radius 2 is 1.45 bits per heavy atom. The molecule has 0 fully saturated rings. The van der Waals surface area contributed by atoms with Crippen LogP contribution < -0.4 is 5.32 Å². The van der Waals surface area contributed by atoms with Crippen LogP contribution in [-0.4, -0.2) is 13.1 Å². The molecule has 70 valence electrons. The van der Waals surface area contributed by atoms with Gasteiger partial charge in [-0.15, -0.1) is 0 Å². The molecule has 0 aliphatic carbocycles. The molecule has 0 saturated heterocycles. The highest BCUT2D eigenvalue weighted by atomic mass is 14.8. The van der Waals surface area contributed by atoms with Crippen LogP contribution in [0, 0.1) is 5.92 Å². The second-order valence-corrected chi connectivity index (χ2v) is 2.49. The van der Waals surface area contributed by atoms with Gasteiger partial charge in [-0.2, -0.15) is 0 Å². The van der Waals surface area contributed by atoms with Crippen molar-refractivity contribution < 1.29 is 0 Å². The zero-order valence-corrected chi connectivity index (χ0v) is 8.91. The summed E-state index contributed by atoms with van der Waals surface area (Å²) in [7, 11) is 0. The molecule has 0 radical (unpaired) electrons. The Morgan fingerprint density at radius 1 is 1.00 bits per heavy atom. The van der Waals surface area contributed by atoms with Crippen molar-refractivity contribution in [2.45, 2.75) is 47.5 Å². The third-order valence-corrected chi connectivity index (χ3v) is 1.84. The molecule has 1 heteroatoms. The predicted octanol–water partition coefficient (Wildman–Crippen LogP) is 3.06.